The minimum Gasteiger partial charge on any atom is -0.365 e. The minimum absolute atomic E-state index is 0. The zero-order valence-electron chi connectivity index (χ0n) is 15.3. The lowest BCUT2D eigenvalue weighted by atomic mass is 10.2. The molecule has 0 saturated carbocycles. The van der Waals surface area contributed by atoms with Gasteiger partial charge in [0.2, 0.25) is 0 Å². The molecule has 0 spiro atoms. The topological polar surface area (TPSA) is 52.6 Å². The zero-order valence-corrected chi connectivity index (χ0v) is 18.5. The highest BCUT2D eigenvalue weighted by molar-refractivity contribution is 14.0. The van der Waals surface area contributed by atoms with Gasteiger partial charge in [0.25, 0.3) is 0 Å². The average molecular weight is 507 g/mol. The number of nitrogens with one attached hydrogen (secondary N) is 2. The van der Waals surface area contributed by atoms with Crippen LogP contribution in [0.1, 0.15) is 23.2 Å². The van der Waals surface area contributed by atoms with Gasteiger partial charge in [-0.05, 0) is 32.4 Å². The molecule has 0 aliphatic carbocycles. The van der Waals surface area contributed by atoms with E-state index >= 15 is 0 Å². The Labute approximate surface area is 179 Å². The largest absolute Gasteiger partial charge is 0.365 e. The molecule has 0 amide bonds. The van der Waals surface area contributed by atoms with Crippen LogP contribution in [0, 0.1) is 18.6 Å². The van der Waals surface area contributed by atoms with Crippen molar-refractivity contribution < 1.29 is 8.78 Å². The van der Waals surface area contributed by atoms with E-state index in [2.05, 4.69) is 20.6 Å². The van der Waals surface area contributed by atoms with Crippen LogP contribution in [-0.2, 0) is 6.54 Å². The molecule has 27 heavy (non-hydrogen) atoms. The molecule has 9 heteroatoms. The van der Waals surface area contributed by atoms with E-state index in [-0.39, 0.29) is 35.7 Å². The third-order valence-electron chi connectivity index (χ3n) is 4.17. The summed E-state index contributed by atoms with van der Waals surface area (Å²) in [5.41, 5.74) is 0.0528. The fourth-order valence-electron chi connectivity index (χ4n) is 3.01. The molecule has 1 saturated heterocycles. The van der Waals surface area contributed by atoms with Crippen molar-refractivity contribution in [2.24, 2.45) is 4.99 Å². The molecule has 5 nitrogen and oxygen atoms in total. The second-order valence-electron chi connectivity index (χ2n) is 6.21. The van der Waals surface area contributed by atoms with Gasteiger partial charge < -0.3 is 15.5 Å². The number of thiazole rings is 1. The fourth-order valence-corrected chi connectivity index (χ4v) is 3.72. The summed E-state index contributed by atoms with van der Waals surface area (Å²) < 4.78 is 28.0. The van der Waals surface area contributed by atoms with Crippen molar-refractivity contribution >= 4 is 47.0 Å². The number of guanidine groups is 1. The summed E-state index contributed by atoms with van der Waals surface area (Å²) in [6.45, 7) is 6.39. The van der Waals surface area contributed by atoms with Gasteiger partial charge in [0.05, 0.1) is 6.54 Å². The predicted molar refractivity (Wildman–Crippen MR) is 117 cm³/mol. The molecule has 1 aromatic carbocycles. The summed E-state index contributed by atoms with van der Waals surface area (Å²) in [5.74, 6) is -0.350. The Morgan fingerprint density at radius 3 is 2.74 bits per heavy atom. The van der Waals surface area contributed by atoms with Gasteiger partial charge in [0.15, 0.2) is 5.96 Å². The fraction of sp³-hybridized carbons (Fsp3) is 0.444. The normalized spacial score (nSPS) is 17.0. The Hall–Kier alpha value is -1.49. The average Bonchev–Trinajstić information content (AvgIpc) is 3.22. The quantitative estimate of drug-likeness (QED) is 0.369. The van der Waals surface area contributed by atoms with Crippen molar-refractivity contribution in [3.8, 4) is 0 Å². The van der Waals surface area contributed by atoms with Crippen LogP contribution in [-0.4, -0.2) is 36.6 Å². The van der Waals surface area contributed by atoms with E-state index in [1.165, 1.54) is 18.2 Å². The Kier molecular flexibility index (Phi) is 8.21. The van der Waals surface area contributed by atoms with E-state index in [9.17, 15) is 8.78 Å². The molecule has 1 fully saturated rings. The number of aryl methyl sites for hydroxylation is 1. The number of halogens is 3. The van der Waals surface area contributed by atoms with Crippen molar-refractivity contribution in [2.75, 3.05) is 24.5 Å². The molecule has 148 valence electrons. The van der Waals surface area contributed by atoms with Gasteiger partial charge in [-0.1, -0.05) is 6.07 Å². The van der Waals surface area contributed by atoms with E-state index in [1.54, 1.807) is 16.2 Å². The molecular weight excluding hydrogens is 483 g/mol. The third-order valence-corrected chi connectivity index (χ3v) is 5.07. The van der Waals surface area contributed by atoms with E-state index in [0.717, 1.165) is 22.9 Å². The summed E-state index contributed by atoms with van der Waals surface area (Å²) in [7, 11) is 0. The number of aromatic nitrogens is 1. The predicted octanol–water partition coefficient (Wildman–Crippen LogP) is 3.68. The molecule has 3 rings (SSSR count). The van der Waals surface area contributed by atoms with Crippen LogP contribution >= 0.6 is 35.3 Å². The number of hydrogen-bond donors (Lipinski definition) is 2. The van der Waals surface area contributed by atoms with Crippen molar-refractivity contribution in [3.63, 3.8) is 0 Å². The Balaban J connectivity index is 0.00000261. The maximum atomic E-state index is 14.0. The van der Waals surface area contributed by atoms with Gasteiger partial charge in [0, 0.05) is 36.8 Å². The molecule has 1 aromatic heterocycles. The standard InChI is InChI=1S/C18H23F2N5S.HI/c1-3-21-18(23-10-16-22-9-12(2)26-16)24-13-7-8-25(11-13)17-14(19)5-4-6-15(17)20;/h4-6,9,13H,3,7-8,10-11H2,1-2H3,(H2,21,23,24);1H. The lowest BCUT2D eigenvalue weighted by molar-refractivity contribution is 0.576. The lowest BCUT2D eigenvalue weighted by Gasteiger charge is -2.21. The highest BCUT2D eigenvalue weighted by Crippen LogP contribution is 2.26. The highest BCUT2D eigenvalue weighted by atomic mass is 127. The first-order valence-electron chi connectivity index (χ1n) is 8.72. The monoisotopic (exact) mass is 507 g/mol. The van der Waals surface area contributed by atoms with Crippen LogP contribution < -0.4 is 15.5 Å². The second-order valence-corrected chi connectivity index (χ2v) is 7.53. The van der Waals surface area contributed by atoms with Crippen molar-refractivity contribution in [3.05, 3.63) is 45.9 Å². The maximum Gasteiger partial charge on any atom is 0.191 e. The van der Waals surface area contributed by atoms with Gasteiger partial charge in [-0.25, -0.2) is 18.8 Å². The molecule has 1 aliphatic heterocycles. The van der Waals surface area contributed by atoms with Crippen LogP contribution in [0.2, 0.25) is 0 Å². The molecule has 2 N–H and O–H groups in total. The lowest BCUT2D eigenvalue weighted by Crippen LogP contribution is -2.44. The Morgan fingerprint density at radius 1 is 1.37 bits per heavy atom. The first-order valence-corrected chi connectivity index (χ1v) is 9.53. The van der Waals surface area contributed by atoms with Crippen molar-refractivity contribution in [1.82, 2.24) is 15.6 Å². The molecule has 0 bridgehead atoms. The summed E-state index contributed by atoms with van der Waals surface area (Å²) >= 11 is 1.63. The second kappa shape index (κ2) is 10.2. The first kappa shape index (κ1) is 21.8. The number of para-hydroxylation sites is 1. The van der Waals surface area contributed by atoms with Gasteiger partial charge in [-0.3, -0.25) is 0 Å². The SMILES string of the molecule is CCNC(=NCc1ncc(C)s1)NC1CCN(c2c(F)cccc2F)C1.I. The third kappa shape index (κ3) is 5.74. The molecule has 1 aliphatic rings. The van der Waals surface area contributed by atoms with E-state index in [1.807, 2.05) is 20.0 Å². The molecule has 0 radical (unpaired) electrons. The van der Waals surface area contributed by atoms with Crippen molar-refractivity contribution in [1.29, 1.82) is 0 Å². The molecule has 2 aromatic rings. The number of rotatable bonds is 5. The molecular formula is C18H24F2IN5S. The van der Waals surface area contributed by atoms with E-state index < -0.39 is 11.6 Å². The number of aliphatic imine (C=N–C) groups is 1. The summed E-state index contributed by atoms with van der Waals surface area (Å²) in [6.07, 6.45) is 2.63. The molecule has 1 unspecified atom stereocenters. The maximum absolute atomic E-state index is 14.0. The summed E-state index contributed by atoms with van der Waals surface area (Å²) in [4.78, 5) is 11.8. The van der Waals surface area contributed by atoms with Crippen LogP contribution in [0.25, 0.3) is 0 Å². The van der Waals surface area contributed by atoms with Crippen LogP contribution in [0.5, 0.6) is 0 Å². The van der Waals surface area contributed by atoms with Gasteiger partial charge in [-0.2, -0.15) is 0 Å². The number of nitrogens with zero attached hydrogens (tertiary/aromatic N) is 3. The Morgan fingerprint density at radius 2 is 2.11 bits per heavy atom. The van der Waals surface area contributed by atoms with Crippen LogP contribution in [0.4, 0.5) is 14.5 Å². The highest BCUT2D eigenvalue weighted by Gasteiger charge is 2.27. The molecule has 1 atom stereocenters. The minimum atomic E-state index is -0.523. The van der Waals surface area contributed by atoms with Crippen LogP contribution in [0.3, 0.4) is 0 Å². The molecule has 2 heterocycles. The van der Waals surface area contributed by atoms with Gasteiger partial charge in [-0.15, -0.1) is 35.3 Å². The summed E-state index contributed by atoms with van der Waals surface area (Å²) in [6, 6.07) is 4.04. The first-order chi connectivity index (χ1) is 12.6. The summed E-state index contributed by atoms with van der Waals surface area (Å²) in [5, 5.41) is 7.53. The van der Waals surface area contributed by atoms with E-state index in [4.69, 9.17) is 0 Å². The van der Waals surface area contributed by atoms with Gasteiger partial charge in [0.1, 0.15) is 22.3 Å². The van der Waals surface area contributed by atoms with Gasteiger partial charge >= 0.3 is 0 Å². The number of hydrogen-bond acceptors (Lipinski definition) is 4. The number of benzene rings is 1. The smallest absolute Gasteiger partial charge is 0.191 e. The van der Waals surface area contributed by atoms with Crippen molar-refractivity contribution in [2.45, 2.75) is 32.9 Å². The zero-order chi connectivity index (χ0) is 18.5. The van der Waals surface area contributed by atoms with Crippen LogP contribution in [0.15, 0.2) is 29.4 Å². The van der Waals surface area contributed by atoms with E-state index in [0.29, 0.717) is 25.6 Å². The number of anilines is 1. The Bertz CT molecular complexity index is 763.